The van der Waals surface area contributed by atoms with Crippen LogP contribution in [0.1, 0.15) is 25.3 Å². The standard InChI is InChI=1S/C19H30ClN3O2S/c1-4-21-18(23-14-19(26-3)8-11-25-12-9-19)22-10-7-15-5-6-16(24-2)13-17(15)20/h5-6,13H,4,7-12,14H2,1-3H3,(H2,21,22,23). The van der Waals surface area contributed by atoms with Crippen molar-refractivity contribution in [1.29, 1.82) is 0 Å². The predicted octanol–water partition coefficient (Wildman–Crippen LogP) is 3.36. The molecule has 5 nitrogen and oxygen atoms in total. The Morgan fingerprint density at radius 3 is 2.73 bits per heavy atom. The number of rotatable bonds is 8. The molecule has 1 fully saturated rings. The van der Waals surface area contributed by atoms with Gasteiger partial charge in [-0.25, -0.2) is 0 Å². The lowest BCUT2D eigenvalue weighted by Gasteiger charge is -2.34. The second-order valence-corrected chi connectivity index (χ2v) is 8.01. The highest BCUT2D eigenvalue weighted by Crippen LogP contribution is 2.34. The molecule has 0 amide bonds. The maximum atomic E-state index is 6.32. The highest BCUT2D eigenvalue weighted by atomic mass is 35.5. The third kappa shape index (κ3) is 6.25. The Morgan fingerprint density at radius 2 is 2.12 bits per heavy atom. The quantitative estimate of drug-likeness (QED) is 0.518. The van der Waals surface area contributed by atoms with Gasteiger partial charge in [0.15, 0.2) is 5.96 Å². The molecule has 1 heterocycles. The lowest BCUT2D eigenvalue weighted by molar-refractivity contribution is 0.0794. The lowest BCUT2D eigenvalue weighted by atomic mass is 9.99. The average Bonchev–Trinajstić information content (AvgIpc) is 2.68. The van der Waals surface area contributed by atoms with Crippen molar-refractivity contribution in [1.82, 2.24) is 10.6 Å². The maximum absolute atomic E-state index is 6.32. The van der Waals surface area contributed by atoms with E-state index in [1.165, 1.54) is 0 Å². The molecule has 26 heavy (non-hydrogen) atoms. The molecule has 1 saturated heterocycles. The number of halogens is 1. The van der Waals surface area contributed by atoms with E-state index in [-0.39, 0.29) is 4.75 Å². The van der Waals surface area contributed by atoms with E-state index >= 15 is 0 Å². The van der Waals surface area contributed by atoms with Gasteiger partial charge in [0.2, 0.25) is 0 Å². The minimum atomic E-state index is 0.194. The molecule has 146 valence electrons. The van der Waals surface area contributed by atoms with Gasteiger partial charge in [-0.1, -0.05) is 17.7 Å². The topological polar surface area (TPSA) is 54.9 Å². The SMILES string of the molecule is CCNC(=NCC1(SC)CCOCC1)NCCc1ccc(OC)cc1Cl. The van der Waals surface area contributed by atoms with Gasteiger partial charge in [-0.05, 0) is 50.1 Å². The Hall–Kier alpha value is -1.11. The maximum Gasteiger partial charge on any atom is 0.191 e. The molecular formula is C19H30ClN3O2S. The van der Waals surface area contributed by atoms with Crippen LogP contribution in [0.25, 0.3) is 0 Å². The van der Waals surface area contributed by atoms with E-state index in [1.807, 2.05) is 30.0 Å². The Bertz CT molecular complexity index is 592. The van der Waals surface area contributed by atoms with Gasteiger partial charge in [0, 0.05) is 36.1 Å². The van der Waals surface area contributed by atoms with Crippen LogP contribution in [0.5, 0.6) is 5.75 Å². The van der Waals surface area contributed by atoms with E-state index in [0.29, 0.717) is 0 Å². The molecule has 7 heteroatoms. The molecular weight excluding hydrogens is 370 g/mol. The van der Waals surface area contributed by atoms with Crippen molar-refractivity contribution in [3.63, 3.8) is 0 Å². The zero-order valence-electron chi connectivity index (χ0n) is 15.9. The first-order chi connectivity index (χ1) is 12.6. The van der Waals surface area contributed by atoms with Crippen molar-refractivity contribution in [2.24, 2.45) is 4.99 Å². The summed E-state index contributed by atoms with van der Waals surface area (Å²) in [7, 11) is 1.64. The van der Waals surface area contributed by atoms with Crippen molar-refractivity contribution in [3.8, 4) is 5.75 Å². The fourth-order valence-electron chi connectivity index (χ4n) is 2.91. The number of methoxy groups -OCH3 is 1. The number of benzene rings is 1. The number of aliphatic imine (C=N–C) groups is 1. The molecule has 1 aliphatic rings. The van der Waals surface area contributed by atoms with Gasteiger partial charge in [-0.15, -0.1) is 0 Å². The Kier molecular flexibility index (Phi) is 8.88. The molecule has 2 rings (SSSR count). The van der Waals surface area contributed by atoms with Crippen molar-refractivity contribution in [2.75, 3.05) is 46.2 Å². The number of thioether (sulfide) groups is 1. The molecule has 0 aliphatic carbocycles. The van der Waals surface area contributed by atoms with E-state index in [2.05, 4.69) is 23.8 Å². The summed E-state index contributed by atoms with van der Waals surface area (Å²) in [4.78, 5) is 4.83. The smallest absolute Gasteiger partial charge is 0.191 e. The zero-order valence-corrected chi connectivity index (χ0v) is 17.5. The highest BCUT2D eigenvalue weighted by Gasteiger charge is 2.31. The largest absolute Gasteiger partial charge is 0.497 e. The van der Waals surface area contributed by atoms with E-state index in [4.69, 9.17) is 26.1 Å². The first-order valence-corrected chi connectivity index (χ1v) is 10.7. The van der Waals surface area contributed by atoms with E-state index in [9.17, 15) is 0 Å². The molecule has 0 bridgehead atoms. The van der Waals surface area contributed by atoms with E-state index in [1.54, 1.807) is 7.11 Å². The first kappa shape index (κ1) is 21.2. The van der Waals surface area contributed by atoms with Crippen LogP contribution in [-0.2, 0) is 11.2 Å². The van der Waals surface area contributed by atoms with Gasteiger partial charge in [0.05, 0.1) is 13.7 Å². The van der Waals surface area contributed by atoms with Crippen molar-refractivity contribution >= 4 is 29.3 Å². The number of guanidine groups is 1. The van der Waals surface area contributed by atoms with Crippen LogP contribution < -0.4 is 15.4 Å². The molecule has 0 atom stereocenters. The van der Waals surface area contributed by atoms with Crippen molar-refractivity contribution in [3.05, 3.63) is 28.8 Å². The van der Waals surface area contributed by atoms with Gasteiger partial charge < -0.3 is 20.1 Å². The monoisotopic (exact) mass is 399 g/mol. The van der Waals surface area contributed by atoms with Crippen molar-refractivity contribution in [2.45, 2.75) is 30.9 Å². The second kappa shape index (κ2) is 10.9. The van der Waals surface area contributed by atoms with Gasteiger partial charge in [0.1, 0.15) is 5.75 Å². The summed E-state index contributed by atoms with van der Waals surface area (Å²) in [5, 5.41) is 7.48. The van der Waals surface area contributed by atoms with E-state index in [0.717, 1.165) is 74.4 Å². The third-order valence-electron chi connectivity index (χ3n) is 4.65. The summed E-state index contributed by atoms with van der Waals surface area (Å²) in [6.07, 6.45) is 5.11. The number of hydrogen-bond acceptors (Lipinski definition) is 4. The Balaban J connectivity index is 1.90. The number of nitrogens with one attached hydrogen (secondary N) is 2. The normalized spacial score (nSPS) is 17.0. The Labute approximate surface area is 166 Å². The molecule has 1 aromatic carbocycles. The number of hydrogen-bond donors (Lipinski definition) is 2. The van der Waals surface area contributed by atoms with Gasteiger partial charge in [-0.2, -0.15) is 11.8 Å². The number of ether oxygens (including phenoxy) is 2. The van der Waals surface area contributed by atoms with Crippen LogP contribution in [0.3, 0.4) is 0 Å². The zero-order chi connectivity index (χ0) is 18.8. The summed E-state index contributed by atoms with van der Waals surface area (Å²) in [5.74, 6) is 1.64. The van der Waals surface area contributed by atoms with Crippen molar-refractivity contribution < 1.29 is 9.47 Å². The average molecular weight is 400 g/mol. The van der Waals surface area contributed by atoms with Crippen LogP contribution in [-0.4, -0.2) is 56.9 Å². The molecule has 0 radical (unpaired) electrons. The number of nitrogens with zero attached hydrogens (tertiary/aromatic N) is 1. The molecule has 2 N–H and O–H groups in total. The minimum absolute atomic E-state index is 0.194. The first-order valence-electron chi connectivity index (χ1n) is 9.10. The van der Waals surface area contributed by atoms with Gasteiger partial charge >= 0.3 is 0 Å². The van der Waals surface area contributed by atoms with Crippen LogP contribution >= 0.6 is 23.4 Å². The van der Waals surface area contributed by atoms with Crippen LogP contribution in [0.4, 0.5) is 0 Å². The Morgan fingerprint density at radius 1 is 1.35 bits per heavy atom. The highest BCUT2D eigenvalue weighted by molar-refractivity contribution is 8.00. The molecule has 0 spiro atoms. The summed E-state index contributed by atoms with van der Waals surface area (Å²) in [6.45, 7) is 6.15. The fourth-order valence-corrected chi connectivity index (χ4v) is 3.94. The minimum Gasteiger partial charge on any atom is -0.497 e. The molecule has 1 aromatic rings. The summed E-state index contributed by atoms with van der Waals surface area (Å²) >= 11 is 8.22. The summed E-state index contributed by atoms with van der Waals surface area (Å²) in [6, 6.07) is 5.80. The lowest BCUT2D eigenvalue weighted by Crippen LogP contribution is -2.41. The van der Waals surface area contributed by atoms with Gasteiger partial charge in [0.25, 0.3) is 0 Å². The van der Waals surface area contributed by atoms with Gasteiger partial charge in [-0.3, -0.25) is 4.99 Å². The fraction of sp³-hybridized carbons (Fsp3) is 0.632. The van der Waals surface area contributed by atoms with Crippen LogP contribution in [0, 0.1) is 0 Å². The van der Waals surface area contributed by atoms with Crippen LogP contribution in [0.2, 0.25) is 5.02 Å². The third-order valence-corrected chi connectivity index (χ3v) is 6.41. The van der Waals surface area contributed by atoms with E-state index < -0.39 is 0 Å². The predicted molar refractivity (Wildman–Crippen MR) is 112 cm³/mol. The molecule has 0 aromatic heterocycles. The molecule has 0 saturated carbocycles. The van der Waals surface area contributed by atoms with Crippen LogP contribution in [0.15, 0.2) is 23.2 Å². The second-order valence-electron chi connectivity index (χ2n) is 6.33. The molecule has 0 unspecified atom stereocenters. The summed E-state index contributed by atoms with van der Waals surface area (Å²) in [5.41, 5.74) is 1.10. The molecule has 1 aliphatic heterocycles. The summed E-state index contributed by atoms with van der Waals surface area (Å²) < 4.78 is 10.9.